The highest BCUT2D eigenvalue weighted by Gasteiger charge is 1.86. The smallest absolute Gasteiger partial charge is 0.300 e. The van der Waals surface area contributed by atoms with Gasteiger partial charge in [-0.1, -0.05) is 62.9 Å². The number of allylic oxidation sites excluding steroid dienone is 4. The lowest BCUT2D eigenvalue weighted by molar-refractivity contribution is -0.134. The van der Waals surface area contributed by atoms with E-state index in [1.165, 1.54) is 5.56 Å². The van der Waals surface area contributed by atoms with Crippen molar-refractivity contribution >= 4 is 12.0 Å². The number of carboxylic acid groups (broad SMARTS) is 1. The monoisotopic (exact) mass is 316 g/mol. The van der Waals surface area contributed by atoms with Crippen LogP contribution in [0.25, 0.3) is 6.08 Å². The van der Waals surface area contributed by atoms with E-state index in [1.807, 2.05) is 51.1 Å². The second kappa shape index (κ2) is 15.8. The topological polar surface area (TPSA) is 50.4 Å². The van der Waals surface area contributed by atoms with Gasteiger partial charge in [-0.3, -0.25) is 4.79 Å². The Balaban J connectivity index is 0. The van der Waals surface area contributed by atoms with Crippen molar-refractivity contribution in [2.75, 3.05) is 0 Å². The summed E-state index contributed by atoms with van der Waals surface area (Å²) >= 11 is 0. The fourth-order valence-corrected chi connectivity index (χ4v) is 1.18. The highest BCUT2D eigenvalue weighted by Crippen LogP contribution is 2.05. The number of rotatable bonds is 3. The minimum absolute atomic E-state index is 0.833. The van der Waals surface area contributed by atoms with Gasteiger partial charge in [-0.25, -0.2) is 0 Å². The third-order valence-electron chi connectivity index (χ3n) is 2.38. The Morgan fingerprint density at radius 2 is 1.70 bits per heavy atom. The summed E-state index contributed by atoms with van der Waals surface area (Å²) in [6, 6.07) is 6.08. The molecule has 0 radical (unpaired) electrons. The molecule has 0 atom stereocenters. The van der Waals surface area contributed by atoms with Gasteiger partial charge < -0.3 is 9.52 Å². The molecule has 0 bridgehead atoms. The summed E-state index contributed by atoms with van der Waals surface area (Å²) in [7, 11) is 0. The fourth-order valence-electron chi connectivity index (χ4n) is 1.18. The Labute approximate surface area is 140 Å². The molecule has 1 rings (SSSR count). The van der Waals surface area contributed by atoms with Gasteiger partial charge >= 0.3 is 0 Å². The van der Waals surface area contributed by atoms with Crippen LogP contribution in [0.4, 0.5) is 0 Å². The number of hydrogen-bond acceptors (Lipinski definition) is 2. The van der Waals surface area contributed by atoms with E-state index in [0.717, 1.165) is 18.1 Å². The molecule has 0 fully saturated rings. The van der Waals surface area contributed by atoms with Crippen molar-refractivity contribution in [1.82, 2.24) is 0 Å². The summed E-state index contributed by atoms with van der Waals surface area (Å²) in [5.41, 5.74) is 3.41. The van der Waals surface area contributed by atoms with Crippen LogP contribution in [-0.2, 0) is 4.79 Å². The van der Waals surface area contributed by atoms with Crippen LogP contribution in [0, 0.1) is 13.8 Å². The maximum Gasteiger partial charge on any atom is 0.300 e. The number of carboxylic acids is 1. The Morgan fingerprint density at radius 1 is 1.09 bits per heavy atom. The zero-order valence-electron chi connectivity index (χ0n) is 14.7. The summed E-state index contributed by atoms with van der Waals surface area (Å²) in [4.78, 5) is 9.00. The number of hydrogen-bond donors (Lipinski definition) is 1. The SMILES string of the molecule is C=C/C=C\C=C\c1ccocc(C)c(C)cc1.CC.CC(=O)O. The zero-order valence-corrected chi connectivity index (χ0v) is 14.7. The second-order valence-corrected chi connectivity index (χ2v) is 4.25. The highest BCUT2D eigenvalue weighted by molar-refractivity contribution is 5.62. The molecule has 1 N–H and O–H groups in total. The summed E-state index contributed by atoms with van der Waals surface area (Å²) < 4.78 is 5.30. The Morgan fingerprint density at radius 3 is 2.26 bits per heavy atom. The van der Waals surface area contributed by atoms with Crippen LogP contribution in [0.2, 0.25) is 0 Å². The first-order chi connectivity index (χ1) is 11.0. The quantitative estimate of drug-likeness (QED) is 0.707. The van der Waals surface area contributed by atoms with Crippen molar-refractivity contribution in [1.29, 1.82) is 0 Å². The lowest BCUT2D eigenvalue weighted by Gasteiger charge is -1.89. The first-order valence-electron chi connectivity index (χ1n) is 7.50. The van der Waals surface area contributed by atoms with Crippen LogP contribution in [0.5, 0.6) is 0 Å². The molecule has 1 aromatic rings. The minimum atomic E-state index is -0.833. The van der Waals surface area contributed by atoms with Crippen molar-refractivity contribution < 1.29 is 14.3 Å². The van der Waals surface area contributed by atoms with Gasteiger partial charge in [0.1, 0.15) is 0 Å². The van der Waals surface area contributed by atoms with Crippen molar-refractivity contribution in [3.05, 3.63) is 78.3 Å². The van der Waals surface area contributed by atoms with Crippen LogP contribution in [0.3, 0.4) is 0 Å². The normalized spacial score (nSPS) is 9.26. The molecule has 0 aliphatic carbocycles. The van der Waals surface area contributed by atoms with E-state index in [-0.39, 0.29) is 0 Å². The van der Waals surface area contributed by atoms with Crippen molar-refractivity contribution in [3.63, 3.8) is 0 Å². The van der Waals surface area contributed by atoms with Crippen molar-refractivity contribution in [2.45, 2.75) is 34.6 Å². The van der Waals surface area contributed by atoms with Gasteiger partial charge in [0, 0.05) is 6.92 Å². The molecule has 0 spiro atoms. The average molecular weight is 316 g/mol. The molecule has 0 unspecified atom stereocenters. The molecular formula is C20H28O3. The predicted octanol–water partition coefficient (Wildman–Crippen LogP) is 5.89. The van der Waals surface area contributed by atoms with Gasteiger partial charge in [0.25, 0.3) is 5.97 Å². The van der Waals surface area contributed by atoms with E-state index in [9.17, 15) is 0 Å². The van der Waals surface area contributed by atoms with Gasteiger partial charge in [0.15, 0.2) is 0 Å². The lowest BCUT2D eigenvalue weighted by Crippen LogP contribution is -1.78. The molecule has 0 amide bonds. The molecule has 3 nitrogen and oxygen atoms in total. The number of aliphatic carboxylic acids is 1. The zero-order chi connectivity index (χ0) is 18.1. The van der Waals surface area contributed by atoms with Crippen LogP contribution in [0.1, 0.15) is 37.5 Å². The molecule has 0 saturated heterocycles. The maximum atomic E-state index is 9.00. The van der Waals surface area contributed by atoms with E-state index in [1.54, 1.807) is 18.6 Å². The van der Waals surface area contributed by atoms with Gasteiger partial charge in [0.05, 0.1) is 12.5 Å². The van der Waals surface area contributed by atoms with Gasteiger partial charge in [-0.2, -0.15) is 0 Å². The van der Waals surface area contributed by atoms with Gasteiger partial charge in [-0.05, 0) is 36.6 Å². The third kappa shape index (κ3) is 15.7. The largest absolute Gasteiger partial charge is 0.481 e. The number of aryl methyl sites for hydroxylation is 2. The van der Waals surface area contributed by atoms with Gasteiger partial charge in [0.2, 0.25) is 0 Å². The van der Waals surface area contributed by atoms with E-state index in [0.29, 0.717) is 0 Å². The van der Waals surface area contributed by atoms with E-state index in [2.05, 4.69) is 25.6 Å². The standard InChI is InChI=1S/C16H18O.C2H4O2.C2H6/c1-4-5-6-7-8-16-10-9-14(2)15(3)13-17-12-11-16;1-2(3)4;1-2/h4-13H,1H2,2-3H3;1H3,(H,3,4);1-2H3/b6-5-,8-7+,12-11?,14-9?,15-13?,16-10?;;. The molecule has 0 aromatic carbocycles. The highest BCUT2D eigenvalue weighted by atomic mass is 16.4. The second-order valence-electron chi connectivity index (χ2n) is 4.25. The minimum Gasteiger partial charge on any atom is -0.481 e. The van der Waals surface area contributed by atoms with Crippen molar-refractivity contribution in [3.8, 4) is 0 Å². The lowest BCUT2D eigenvalue weighted by atomic mass is 10.2. The summed E-state index contributed by atoms with van der Waals surface area (Å²) in [6.45, 7) is 12.8. The Kier molecular flexibility index (Phi) is 15.6. The first-order valence-corrected chi connectivity index (χ1v) is 7.50. The maximum absolute atomic E-state index is 9.00. The third-order valence-corrected chi connectivity index (χ3v) is 2.38. The van der Waals surface area contributed by atoms with Crippen LogP contribution in [0.15, 0.2) is 66.0 Å². The molecule has 1 heterocycles. The number of carbonyl (C=O) groups is 1. The van der Waals surface area contributed by atoms with E-state index < -0.39 is 5.97 Å². The van der Waals surface area contributed by atoms with Crippen molar-refractivity contribution in [2.24, 2.45) is 0 Å². The van der Waals surface area contributed by atoms with Gasteiger partial charge in [-0.15, -0.1) is 0 Å². The molecular weight excluding hydrogens is 288 g/mol. The summed E-state index contributed by atoms with van der Waals surface area (Å²) in [6.07, 6.45) is 13.0. The van der Waals surface area contributed by atoms with Crippen LogP contribution < -0.4 is 0 Å². The molecule has 0 aliphatic heterocycles. The molecule has 0 aliphatic rings. The predicted molar refractivity (Wildman–Crippen MR) is 98.8 cm³/mol. The molecule has 3 heteroatoms. The fraction of sp³-hybridized carbons (Fsp3) is 0.250. The van der Waals surface area contributed by atoms with E-state index >= 15 is 0 Å². The molecule has 0 saturated carbocycles. The first kappa shape index (κ1) is 22.7. The van der Waals surface area contributed by atoms with E-state index in [4.69, 9.17) is 14.3 Å². The molecule has 126 valence electrons. The Hall–Kier alpha value is -2.55. The molecule has 23 heavy (non-hydrogen) atoms. The Bertz CT molecular complexity index is 558. The summed E-state index contributed by atoms with van der Waals surface area (Å²) in [5.74, 6) is -0.833. The molecule has 1 aromatic heterocycles. The van der Waals surface area contributed by atoms with Crippen LogP contribution >= 0.6 is 0 Å². The van der Waals surface area contributed by atoms with Crippen LogP contribution in [-0.4, -0.2) is 11.1 Å². The summed E-state index contributed by atoms with van der Waals surface area (Å²) in [5, 5.41) is 7.42. The average Bonchev–Trinajstić information content (AvgIpc) is 2.59.